The minimum atomic E-state index is -0.154. The fraction of sp³-hybridized carbons (Fsp3) is 1.00. The van der Waals surface area contributed by atoms with Gasteiger partial charge in [0.2, 0.25) is 0 Å². The van der Waals surface area contributed by atoms with Gasteiger partial charge in [-0.3, -0.25) is 4.84 Å². The lowest BCUT2D eigenvalue weighted by Crippen LogP contribution is -2.75. The van der Waals surface area contributed by atoms with Crippen LogP contribution in [0, 0.1) is 0 Å². The third-order valence-electron chi connectivity index (χ3n) is 4.48. The number of hydrogen-bond acceptors (Lipinski definition) is 5. The Morgan fingerprint density at radius 1 is 1.00 bits per heavy atom. The van der Waals surface area contributed by atoms with Gasteiger partial charge in [-0.05, 0) is 52.5 Å². The quantitative estimate of drug-likeness (QED) is 0.582. The van der Waals surface area contributed by atoms with Crippen LogP contribution in [0.5, 0.6) is 0 Å². The lowest BCUT2D eigenvalue weighted by molar-refractivity contribution is -0.524. The first-order chi connectivity index (χ1) is 10.4. The molecule has 0 aromatic carbocycles. The second-order valence-electron chi connectivity index (χ2n) is 7.05. The maximum Gasteiger partial charge on any atom is 0.103 e. The Balaban J connectivity index is 2.73. The summed E-state index contributed by atoms with van der Waals surface area (Å²) in [5.74, 6) is 0. The van der Waals surface area contributed by atoms with Crippen molar-refractivity contribution in [2.45, 2.75) is 78.5 Å². The topological polar surface area (TPSA) is 22.2 Å². The molecule has 22 heavy (non-hydrogen) atoms. The van der Waals surface area contributed by atoms with E-state index in [2.05, 4.69) is 68.9 Å². The second kappa shape index (κ2) is 9.18. The first-order valence-electron chi connectivity index (χ1n) is 9.05. The molecule has 0 bridgehead atoms. The summed E-state index contributed by atoms with van der Waals surface area (Å²) >= 11 is 0. The zero-order valence-electron chi connectivity index (χ0n) is 15.9. The predicted molar refractivity (Wildman–Crippen MR) is 92.9 cm³/mol. The first kappa shape index (κ1) is 19.8. The second-order valence-corrected chi connectivity index (χ2v) is 7.05. The molecule has 1 atom stereocenters. The largest absolute Gasteiger partial charge is 0.306 e. The molecule has 1 rings (SSSR count). The molecule has 5 heteroatoms. The van der Waals surface area contributed by atoms with Gasteiger partial charge in [-0.1, -0.05) is 33.6 Å². The first-order valence-corrected chi connectivity index (χ1v) is 9.05. The summed E-state index contributed by atoms with van der Waals surface area (Å²) in [7, 11) is 4.22. The van der Waals surface area contributed by atoms with Crippen LogP contribution in [0.25, 0.3) is 0 Å². The zero-order chi connectivity index (χ0) is 16.8. The number of hydrazine groups is 2. The maximum atomic E-state index is 6.47. The Morgan fingerprint density at radius 2 is 1.50 bits per heavy atom. The highest BCUT2D eigenvalue weighted by Gasteiger charge is 2.45. The molecule has 5 nitrogen and oxygen atoms in total. The molecular formula is C17H38N4O. The van der Waals surface area contributed by atoms with Gasteiger partial charge in [0.1, 0.15) is 5.60 Å². The van der Waals surface area contributed by atoms with Crippen molar-refractivity contribution in [1.29, 1.82) is 0 Å². The van der Waals surface area contributed by atoms with E-state index in [1.807, 2.05) is 0 Å². The van der Waals surface area contributed by atoms with Crippen molar-refractivity contribution in [3.8, 4) is 0 Å². The van der Waals surface area contributed by atoms with Crippen molar-refractivity contribution in [2.24, 2.45) is 0 Å². The Kier molecular flexibility index (Phi) is 8.28. The van der Waals surface area contributed by atoms with Crippen molar-refractivity contribution in [3.63, 3.8) is 0 Å². The molecule has 132 valence electrons. The van der Waals surface area contributed by atoms with Crippen molar-refractivity contribution in [1.82, 2.24) is 20.2 Å². The third-order valence-corrected chi connectivity index (χ3v) is 4.48. The summed E-state index contributed by atoms with van der Waals surface area (Å²) in [4.78, 5) is 8.68. The van der Waals surface area contributed by atoms with Crippen molar-refractivity contribution < 1.29 is 4.84 Å². The van der Waals surface area contributed by atoms with Gasteiger partial charge in [-0.2, -0.15) is 10.0 Å². The minimum Gasteiger partial charge on any atom is -0.306 e. The third kappa shape index (κ3) is 5.17. The van der Waals surface area contributed by atoms with Crippen LogP contribution in [-0.2, 0) is 4.84 Å². The Morgan fingerprint density at radius 3 is 1.86 bits per heavy atom. The van der Waals surface area contributed by atoms with Crippen LogP contribution >= 0.6 is 0 Å². The van der Waals surface area contributed by atoms with Crippen LogP contribution in [0.3, 0.4) is 0 Å². The van der Waals surface area contributed by atoms with Gasteiger partial charge < -0.3 is 4.90 Å². The molecule has 0 N–H and O–H groups in total. The Bertz CT molecular complexity index is 297. The van der Waals surface area contributed by atoms with Gasteiger partial charge in [0, 0.05) is 19.6 Å². The van der Waals surface area contributed by atoms with Crippen LogP contribution in [0.1, 0.15) is 66.7 Å². The number of rotatable bonds is 11. The van der Waals surface area contributed by atoms with Gasteiger partial charge in [-0.15, -0.1) is 0 Å². The predicted octanol–water partition coefficient (Wildman–Crippen LogP) is 3.34. The van der Waals surface area contributed by atoms with E-state index in [-0.39, 0.29) is 5.60 Å². The molecule has 0 saturated carbocycles. The van der Waals surface area contributed by atoms with E-state index in [4.69, 9.17) is 4.84 Å². The highest BCUT2D eigenvalue weighted by atomic mass is 16.8. The molecule has 1 fully saturated rings. The monoisotopic (exact) mass is 314 g/mol. The Hall–Kier alpha value is -0.200. The van der Waals surface area contributed by atoms with E-state index in [0.29, 0.717) is 6.17 Å². The molecule has 1 aliphatic heterocycles. The number of likely N-dealkylation sites (N-methyl/N-ethyl adjacent to an activating group) is 1. The van der Waals surface area contributed by atoms with Crippen LogP contribution < -0.4 is 0 Å². The van der Waals surface area contributed by atoms with E-state index in [0.717, 1.165) is 26.1 Å². The van der Waals surface area contributed by atoms with E-state index in [1.165, 1.54) is 25.7 Å². The maximum absolute atomic E-state index is 6.47. The van der Waals surface area contributed by atoms with Crippen molar-refractivity contribution in [3.05, 3.63) is 0 Å². The molecule has 0 aromatic heterocycles. The summed E-state index contributed by atoms with van der Waals surface area (Å²) in [6.07, 6.45) is 6.30. The molecule has 1 saturated heterocycles. The molecular weight excluding hydrogens is 276 g/mol. The molecule has 0 aromatic rings. The van der Waals surface area contributed by atoms with E-state index >= 15 is 0 Å². The molecule has 1 aliphatic rings. The standard InChI is InChI=1S/C17H38N4O/c1-8-11-13-19-16(4)20(14-12-9-2)21(19)22-17(5,10-3)15-18(6)7/h16H,8-15H2,1-7H3. The highest BCUT2D eigenvalue weighted by Crippen LogP contribution is 2.31. The van der Waals surface area contributed by atoms with Crippen LogP contribution in [-0.4, -0.2) is 65.7 Å². The van der Waals surface area contributed by atoms with Crippen LogP contribution in [0.4, 0.5) is 0 Å². The molecule has 1 heterocycles. The summed E-state index contributed by atoms with van der Waals surface area (Å²) < 4.78 is 0. The van der Waals surface area contributed by atoms with Crippen LogP contribution in [0.2, 0.25) is 0 Å². The SMILES string of the molecule is CCCCN1C(C)N(CCCC)N1OC(C)(CC)CN(C)C. The zero-order valence-corrected chi connectivity index (χ0v) is 15.9. The molecule has 0 radical (unpaired) electrons. The summed E-state index contributed by atoms with van der Waals surface area (Å²) in [6, 6.07) is 0. The average molecular weight is 315 g/mol. The highest BCUT2D eigenvalue weighted by molar-refractivity contribution is 4.78. The number of hydrogen-bond donors (Lipinski definition) is 0. The summed E-state index contributed by atoms with van der Waals surface area (Å²) in [5, 5.41) is 6.79. The average Bonchev–Trinajstić information content (AvgIpc) is 2.46. The molecule has 0 aliphatic carbocycles. The summed E-state index contributed by atoms with van der Waals surface area (Å²) in [5.41, 5.74) is -0.154. The van der Waals surface area contributed by atoms with Gasteiger partial charge in [0.05, 0.1) is 6.17 Å². The molecule has 1 unspecified atom stereocenters. The molecule has 0 amide bonds. The minimum absolute atomic E-state index is 0.154. The van der Waals surface area contributed by atoms with E-state index in [9.17, 15) is 0 Å². The fourth-order valence-corrected chi connectivity index (χ4v) is 2.90. The smallest absolute Gasteiger partial charge is 0.103 e. The lowest BCUT2D eigenvalue weighted by Gasteiger charge is -2.58. The lowest BCUT2D eigenvalue weighted by atomic mass is 10.0. The van der Waals surface area contributed by atoms with Gasteiger partial charge >= 0.3 is 0 Å². The van der Waals surface area contributed by atoms with Crippen LogP contribution in [0.15, 0.2) is 0 Å². The summed E-state index contributed by atoms with van der Waals surface area (Å²) in [6.45, 7) is 14.3. The van der Waals surface area contributed by atoms with E-state index in [1.54, 1.807) is 0 Å². The van der Waals surface area contributed by atoms with Gasteiger partial charge in [-0.25, -0.2) is 0 Å². The molecule has 0 spiro atoms. The van der Waals surface area contributed by atoms with Gasteiger partial charge in [0.25, 0.3) is 0 Å². The van der Waals surface area contributed by atoms with E-state index < -0.39 is 0 Å². The van der Waals surface area contributed by atoms with Crippen molar-refractivity contribution in [2.75, 3.05) is 33.7 Å². The normalized spacial score (nSPS) is 21.3. The van der Waals surface area contributed by atoms with Crippen molar-refractivity contribution >= 4 is 0 Å². The number of nitrogens with zero attached hydrogens (tertiary/aromatic N) is 4. The Labute approximate surface area is 138 Å². The van der Waals surface area contributed by atoms with Gasteiger partial charge in [0.15, 0.2) is 0 Å². The fourth-order valence-electron chi connectivity index (χ4n) is 2.90. The number of unbranched alkanes of at least 4 members (excludes halogenated alkanes) is 2.